The van der Waals surface area contributed by atoms with Gasteiger partial charge in [0.25, 0.3) is 0 Å². The van der Waals surface area contributed by atoms with Crippen molar-refractivity contribution in [2.24, 2.45) is 0 Å². The number of aryl methyl sites for hydroxylation is 1. The molecule has 0 saturated carbocycles. The second kappa shape index (κ2) is 9.45. The fourth-order valence-electron chi connectivity index (χ4n) is 2.28. The third kappa shape index (κ3) is 5.50. The maximum atomic E-state index is 11.8. The van der Waals surface area contributed by atoms with Gasteiger partial charge >= 0.3 is 6.03 Å². The molecule has 0 aromatic heterocycles. The first kappa shape index (κ1) is 17.7. The summed E-state index contributed by atoms with van der Waals surface area (Å²) in [6.07, 6.45) is 0.973. The second-order valence-corrected chi connectivity index (χ2v) is 5.27. The van der Waals surface area contributed by atoms with Crippen LogP contribution in [-0.4, -0.2) is 26.3 Å². The maximum absolute atomic E-state index is 11.8. The van der Waals surface area contributed by atoms with Gasteiger partial charge in [-0.25, -0.2) is 4.79 Å². The van der Waals surface area contributed by atoms with Crippen molar-refractivity contribution in [3.05, 3.63) is 59.7 Å². The predicted octanol–water partition coefficient (Wildman–Crippen LogP) is 3.14. The number of carbonyl (C=O) groups is 1. The van der Waals surface area contributed by atoms with Crippen LogP contribution in [0, 0.1) is 0 Å². The standard InChI is InChI=1S/C19H24N2O3/c1-3-15-7-6-9-17(13-15)24-12-11-20-19(22)21-14-16-8-4-5-10-18(16)23-2/h4-10,13H,3,11-12,14H2,1-2H3,(H2,20,21,22). The van der Waals surface area contributed by atoms with Crippen molar-refractivity contribution in [3.8, 4) is 11.5 Å². The van der Waals surface area contributed by atoms with Gasteiger partial charge in [0.05, 0.1) is 13.7 Å². The number of hydrogen-bond donors (Lipinski definition) is 2. The quantitative estimate of drug-likeness (QED) is 0.732. The van der Waals surface area contributed by atoms with Gasteiger partial charge in [-0.05, 0) is 30.2 Å². The van der Waals surface area contributed by atoms with Crippen molar-refractivity contribution in [1.82, 2.24) is 10.6 Å². The Morgan fingerprint density at radius 3 is 2.71 bits per heavy atom. The Morgan fingerprint density at radius 2 is 1.92 bits per heavy atom. The molecule has 128 valence electrons. The third-order valence-corrected chi connectivity index (χ3v) is 3.59. The molecule has 5 heteroatoms. The fraction of sp³-hybridized carbons (Fsp3) is 0.316. The molecule has 0 bridgehead atoms. The zero-order valence-electron chi connectivity index (χ0n) is 14.2. The molecule has 0 aliphatic heterocycles. The first-order chi connectivity index (χ1) is 11.7. The highest BCUT2D eigenvalue weighted by Gasteiger charge is 2.04. The molecular weight excluding hydrogens is 304 g/mol. The van der Waals surface area contributed by atoms with Crippen LogP contribution in [0.3, 0.4) is 0 Å². The van der Waals surface area contributed by atoms with Gasteiger partial charge in [0.15, 0.2) is 0 Å². The lowest BCUT2D eigenvalue weighted by Crippen LogP contribution is -2.37. The molecule has 0 aliphatic carbocycles. The Labute approximate surface area is 143 Å². The van der Waals surface area contributed by atoms with Crippen LogP contribution in [0.5, 0.6) is 11.5 Å². The molecule has 0 saturated heterocycles. The van der Waals surface area contributed by atoms with Gasteiger partial charge in [-0.3, -0.25) is 0 Å². The number of urea groups is 1. The average Bonchev–Trinajstić information content (AvgIpc) is 2.64. The maximum Gasteiger partial charge on any atom is 0.315 e. The van der Waals surface area contributed by atoms with Gasteiger partial charge in [0, 0.05) is 12.1 Å². The van der Waals surface area contributed by atoms with Crippen LogP contribution in [-0.2, 0) is 13.0 Å². The molecule has 2 amide bonds. The highest BCUT2D eigenvalue weighted by molar-refractivity contribution is 5.73. The summed E-state index contributed by atoms with van der Waals surface area (Å²) in [4.78, 5) is 11.8. The lowest BCUT2D eigenvalue weighted by Gasteiger charge is -2.11. The molecule has 2 rings (SSSR count). The molecule has 0 aliphatic rings. The van der Waals surface area contributed by atoms with Gasteiger partial charge in [0.1, 0.15) is 18.1 Å². The molecule has 0 heterocycles. The van der Waals surface area contributed by atoms with E-state index in [1.807, 2.05) is 42.5 Å². The average molecular weight is 328 g/mol. The smallest absolute Gasteiger partial charge is 0.315 e. The summed E-state index contributed by atoms with van der Waals surface area (Å²) in [6.45, 7) is 3.38. The van der Waals surface area contributed by atoms with E-state index in [-0.39, 0.29) is 6.03 Å². The number of hydrogen-bond acceptors (Lipinski definition) is 3. The van der Waals surface area contributed by atoms with E-state index in [4.69, 9.17) is 9.47 Å². The van der Waals surface area contributed by atoms with E-state index in [9.17, 15) is 4.79 Å². The molecule has 0 spiro atoms. The summed E-state index contributed by atoms with van der Waals surface area (Å²) < 4.78 is 10.9. The van der Waals surface area contributed by atoms with E-state index < -0.39 is 0 Å². The minimum Gasteiger partial charge on any atom is -0.496 e. The van der Waals surface area contributed by atoms with E-state index in [0.29, 0.717) is 19.7 Å². The number of nitrogens with one attached hydrogen (secondary N) is 2. The fourth-order valence-corrected chi connectivity index (χ4v) is 2.28. The molecule has 5 nitrogen and oxygen atoms in total. The minimum absolute atomic E-state index is 0.230. The van der Waals surface area contributed by atoms with Crippen LogP contribution >= 0.6 is 0 Å². The molecule has 2 aromatic carbocycles. The van der Waals surface area contributed by atoms with Gasteiger partial charge in [-0.2, -0.15) is 0 Å². The summed E-state index contributed by atoms with van der Waals surface area (Å²) >= 11 is 0. The van der Waals surface area contributed by atoms with Crippen LogP contribution in [0.25, 0.3) is 0 Å². The van der Waals surface area contributed by atoms with E-state index in [2.05, 4.69) is 23.6 Å². The monoisotopic (exact) mass is 328 g/mol. The summed E-state index contributed by atoms with van der Waals surface area (Å²) in [5.74, 6) is 1.59. The Kier molecular flexibility index (Phi) is 6.95. The predicted molar refractivity (Wildman–Crippen MR) is 94.5 cm³/mol. The van der Waals surface area contributed by atoms with Crippen LogP contribution < -0.4 is 20.1 Å². The van der Waals surface area contributed by atoms with Crippen molar-refractivity contribution in [3.63, 3.8) is 0 Å². The molecule has 24 heavy (non-hydrogen) atoms. The van der Waals surface area contributed by atoms with Gasteiger partial charge < -0.3 is 20.1 Å². The minimum atomic E-state index is -0.230. The van der Waals surface area contributed by atoms with Crippen LogP contribution in [0.1, 0.15) is 18.1 Å². The number of ether oxygens (including phenoxy) is 2. The van der Waals surface area contributed by atoms with Gasteiger partial charge in [0.2, 0.25) is 0 Å². The highest BCUT2D eigenvalue weighted by atomic mass is 16.5. The number of benzene rings is 2. The van der Waals surface area contributed by atoms with Crippen LogP contribution in [0.15, 0.2) is 48.5 Å². The van der Waals surface area contributed by atoms with Crippen molar-refractivity contribution < 1.29 is 14.3 Å². The Balaban J connectivity index is 1.68. The molecule has 2 aromatic rings. The number of methoxy groups -OCH3 is 1. The molecule has 0 radical (unpaired) electrons. The zero-order chi connectivity index (χ0) is 17.2. The number of carbonyl (C=O) groups excluding carboxylic acids is 1. The molecular formula is C19H24N2O3. The Bertz CT molecular complexity index is 659. The van der Waals surface area contributed by atoms with E-state index in [1.165, 1.54) is 5.56 Å². The second-order valence-electron chi connectivity index (χ2n) is 5.27. The van der Waals surface area contributed by atoms with Crippen LogP contribution in [0.2, 0.25) is 0 Å². The van der Waals surface area contributed by atoms with E-state index in [1.54, 1.807) is 7.11 Å². The summed E-state index contributed by atoms with van der Waals surface area (Å²) in [5.41, 5.74) is 2.16. The van der Waals surface area contributed by atoms with Crippen LogP contribution in [0.4, 0.5) is 4.79 Å². The van der Waals surface area contributed by atoms with E-state index in [0.717, 1.165) is 23.5 Å². The normalized spacial score (nSPS) is 10.1. The summed E-state index contributed by atoms with van der Waals surface area (Å²) in [5, 5.41) is 5.58. The third-order valence-electron chi connectivity index (χ3n) is 3.59. The van der Waals surface area contributed by atoms with Gasteiger partial charge in [-0.1, -0.05) is 37.3 Å². The van der Waals surface area contributed by atoms with Crippen molar-refractivity contribution in [2.45, 2.75) is 19.9 Å². The topological polar surface area (TPSA) is 59.6 Å². The summed E-state index contributed by atoms with van der Waals surface area (Å²) in [6, 6.07) is 15.3. The first-order valence-corrected chi connectivity index (χ1v) is 8.08. The number of para-hydroxylation sites is 1. The molecule has 0 unspecified atom stereocenters. The first-order valence-electron chi connectivity index (χ1n) is 8.08. The molecule has 0 fully saturated rings. The Hall–Kier alpha value is -2.69. The highest BCUT2D eigenvalue weighted by Crippen LogP contribution is 2.16. The van der Waals surface area contributed by atoms with Crippen molar-refractivity contribution >= 4 is 6.03 Å². The van der Waals surface area contributed by atoms with Crippen molar-refractivity contribution in [2.75, 3.05) is 20.3 Å². The van der Waals surface area contributed by atoms with E-state index >= 15 is 0 Å². The van der Waals surface area contributed by atoms with Gasteiger partial charge in [-0.15, -0.1) is 0 Å². The summed E-state index contributed by atoms with van der Waals surface area (Å²) in [7, 11) is 1.61. The molecule has 2 N–H and O–H groups in total. The number of amides is 2. The molecule has 0 atom stereocenters. The Morgan fingerprint density at radius 1 is 1.08 bits per heavy atom. The largest absolute Gasteiger partial charge is 0.496 e. The zero-order valence-corrected chi connectivity index (χ0v) is 14.2. The lowest BCUT2D eigenvalue weighted by atomic mass is 10.2. The lowest BCUT2D eigenvalue weighted by molar-refractivity contribution is 0.236. The SMILES string of the molecule is CCc1cccc(OCCNC(=O)NCc2ccccc2OC)c1. The number of rotatable bonds is 8. The van der Waals surface area contributed by atoms with Crippen molar-refractivity contribution in [1.29, 1.82) is 0 Å².